The predicted octanol–water partition coefficient (Wildman–Crippen LogP) is 9.40. The number of hydrogen-bond acceptors (Lipinski definition) is 6. The number of amides is 3. The van der Waals surface area contributed by atoms with Crippen LogP contribution in [0.2, 0.25) is 0 Å². The number of likely N-dealkylation sites (N-methyl/N-ethyl adjacent to an activating group) is 1. The minimum atomic E-state index is -0.934. The summed E-state index contributed by atoms with van der Waals surface area (Å²) in [4.78, 5) is 58.6. The maximum atomic E-state index is 13.9. The van der Waals surface area contributed by atoms with Crippen molar-refractivity contribution in [2.75, 3.05) is 30.8 Å². The molecule has 57 heavy (non-hydrogen) atoms. The van der Waals surface area contributed by atoms with Crippen LogP contribution < -0.4 is 10.6 Å². The van der Waals surface area contributed by atoms with Gasteiger partial charge in [0.25, 0.3) is 11.8 Å². The van der Waals surface area contributed by atoms with Gasteiger partial charge in [-0.05, 0) is 112 Å². The van der Waals surface area contributed by atoms with E-state index in [2.05, 4.69) is 34.4 Å². The number of H-pyrrole nitrogens is 1. The van der Waals surface area contributed by atoms with E-state index in [1.54, 1.807) is 30.1 Å². The monoisotopic (exact) mass is 773 g/mol. The van der Waals surface area contributed by atoms with Gasteiger partial charge in [0, 0.05) is 54.9 Å². The minimum absolute atomic E-state index is 0.277. The average molecular weight is 774 g/mol. The lowest BCUT2D eigenvalue weighted by atomic mass is 10.0. The van der Waals surface area contributed by atoms with Gasteiger partial charge < -0.3 is 30.4 Å². The van der Waals surface area contributed by atoms with Crippen LogP contribution in [-0.2, 0) is 24.1 Å². The molecule has 11 nitrogen and oxygen atoms in total. The van der Waals surface area contributed by atoms with E-state index in [1.165, 1.54) is 0 Å². The third-order valence-electron chi connectivity index (χ3n) is 9.98. The molecule has 300 valence electrons. The summed E-state index contributed by atoms with van der Waals surface area (Å²) in [5, 5.41) is 15.8. The second-order valence-corrected chi connectivity index (χ2v) is 15.4. The Morgan fingerprint density at radius 1 is 0.754 bits per heavy atom. The molecule has 0 fully saturated rings. The van der Waals surface area contributed by atoms with Crippen molar-refractivity contribution in [2.45, 2.75) is 84.9 Å². The Bertz CT molecular complexity index is 2150. The van der Waals surface area contributed by atoms with E-state index in [-0.39, 0.29) is 29.5 Å². The van der Waals surface area contributed by atoms with Crippen LogP contribution in [0.5, 0.6) is 0 Å². The van der Waals surface area contributed by atoms with Gasteiger partial charge in [0.2, 0.25) is 0 Å². The number of nitrogens with zero attached hydrogens (tertiary/aromatic N) is 2. The molecule has 1 aromatic heterocycles. The van der Waals surface area contributed by atoms with Crippen LogP contribution in [0.15, 0.2) is 97.1 Å². The maximum Gasteiger partial charge on any atom is 0.410 e. The van der Waals surface area contributed by atoms with Gasteiger partial charge in [-0.1, -0.05) is 68.4 Å². The molecular formula is C46H55N5O6. The number of carbonyl (C=O) groups is 4. The number of anilines is 2. The molecule has 5 aromatic rings. The summed E-state index contributed by atoms with van der Waals surface area (Å²) >= 11 is 0. The molecule has 5 rings (SSSR count). The molecule has 0 aliphatic carbocycles. The van der Waals surface area contributed by atoms with Crippen LogP contribution in [0.1, 0.15) is 102 Å². The number of para-hydroxylation sites is 1. The van der Waals surface area contributed by atoms with Crippen LogP contribution in [0, 0.1) is 0 Å². The number of aromatic nitrogens is 1. The number of rotatable bonds is 17. The highest BCUT2D eigenvalue weighted by atomic mass is 16.6. The summed E-state index contributed by atoms with van der Waals surface area (Å²) in [6, 6.07) is 29.9. The van der Waals surface area contributed by atoms with Crippen LogP contribution >= 0.6 is 0 Å². The zero-order chi connectivity index (χ0) is 41.1. The van der Waals surface area contributed by atoms with Crippen LogP contribution in [0.25, 0.3) is 10.9 Å². The van der Waals surface area contributed by atoms with Crippen molar-refractivity contribution in [2.24, 2.45) is 0 Å². The van der Waals surface area contributed by atoms with Crippen molar-refractivity contribution in [1.29, 1.82) is 0 Å². The van der Waals surface area contributed by atoms with E-state index < -0.39 is 11.6 Å². The third kappa shape index (κ3) is 11.8. The lowest BCUT2D eigenvalue weighted by Gasteiger charge is -2.32. The normalized spacial score (nSPS) is 11.5. The number of nitrogens with one attached hydrogen (secondary N) is 3. The molecule has 0 unspecified atom stereocenters. The van der Waals surface area contributed by atoms with Gasteiger partial charge in [0.15, 0.2) is 0 Å². The number of aromatic carboxylic acids is 1. The highest BCUT2D eigenvalue weighted by Gasteiger charge is 2.24. The topological polar surface area (TPSA) is 144 Å². The standard InChI is InChI=1S/C46H55N5O6/c1-7-37(8-2)51(28-27-50(6)45(56)57-46(3,4)5)30-33-15-12-16-35(29-33)42(52)49-41-40(38-17-9-10-18-39(38)48-41)43(53)47-36-25-21-32(22-26-36)14-11-13-31-19-23-34(24-20-31)44(54)55/h9-10,12,15-26,29,37,48H,7-8,11,13-14,27-28,30H2,1-6H3,(H,47,53)(H,49,52)(H,54,55). The molecule has 0 aliphatic heterocycles. The Morgan fingerprint density at radius 3 is 2.04 bits per heavy atom. The van der Waals surface area contributed by atoms with E-state index >= 15 is 0 Å². The van der Waals surface area contributed by atoms with E-state index in [1.807, 2.05) is 99.6 Å². The summed E-state index contributed by atoms with van der Waals surface area (Å²) in [5.74, 6) is -1.33. The Balaban J connectivity index is 1.24. The van der Waals surface area contributed by atoms with Crippen molar-refractivity contribution in [3.8, 4) is 0 Å². The van der Waals surface area contributed by atoms with E-state index in [0.717, 1.165) is 54.3 Å². The average Bonchev–Trinajstić information content (AvgIpc) is 3.55. The smallest absolute Gasteiger partial charge is 0.410 e. The highest BCUT2D eigenvalue weighted by Crippen LogP contribution is 2.28. The fraction of sp³-hybridized carbons (Fsp3) is 0.348. The van der Waals surface area contributed by atoms with Crippen molar-refractivity contribution in [1.82, 2.24) is 14.8 Å². The van der Waals surface area contributed by atoms with Crippen LogP contribution in [-0.4, -0.2) is 75.5 Å². The molecule has 4 aromatic carbocycles. The Kier molecular flexibility index (Phi) is 14.3. The summed E-state index contributed by atoms with van der Waals surface area (Å²) < 4.78 is 5.55. The van der Waals surface area contributed by atoms with E-state index in [9.17, 15) is 19.2 Å². The second kappa shape index (κ2) is 19.3. The maximum absolute atomic E-state index is 13.9. The molecular weight excluding hydrogens is 719 g/mol. The Morgan fingerprint density at radius 2 is 1.40 bits per heavy atom. The first-order chi connectivity index (χ1) is 27.2. The van der Waals surface area contributed by atoms with E-state index in [0.29, 0.717) is 47.7 Å². The van der Waals surface area contributed by atoms with E-state index in [4.69, 9.17) is 9.84 Å². The number of aromatic amines is 1. The highest BCUT2D eigenvalue weighted by molar-refractivity contribution is 6.19. The molecule has 0 bridgehead atoms. The minimum Gasteiger partial charge on any atom is -0.478 e. The molecule has 0 aliphatic rings. The number of benzene rings is 4. The Hall–Kier alpha value is -5.94. The first kappa shape index (κ1) is 42.2. The number of carbonyl (C=O) groups excluding carboxylic acids is 3. The quantitative estimate of drug-likeness (QED) is 0.0737. The largest absolute Gasteiger partial charge is 0.478 e. The molecule has 0 atom stereocenters. The third-order valence-corrected chi connectivity index (χ3v) is 9.98. The zero-order valence-corrected chi connectivity index (χ0v) is 33.9. The van der Waals surface area contributed by atoms with Gasteiger partial charge in [-0.3, -0.25) is 14.5 Å². The van der Waals surface area contributed by atoms with Gasteiger partial charge in [-0.25, -0.2) is 9.59 Å². The molecule has 11 heteroatoms. The molecule has 0 saturated carbocycles. The first-order valence-corrected chi connectivity index (χ1v) is 19.7. The van der Waals surface area contributed by atoms with Crippen molar-refractivity contribution < 1.29 is 29.0 Å². The van der Waals surface area contributed by atoms with Gasteiger partial charge in [-0.15, -0.1) is 0 Å². The summed E-state index contributed by atoms with van der Waals surface area (Å²) in [7, 11) is 1.75. The summed E-state index contributed by atoms with van der Waals surface area (Å²) in [5.41, 5.74) is 5.01. The molecule has 0 radical (unpaired) electrons. The van der Waals surface area contributed by atoms with Crippen molar-refractivity contribution >= 4 is 46.3 Å². The van der Waals surface area contributed by atoms with Crippen LogP contribution in [0.3, 0.4) is 0 Å². The number of carboxylic acids is 1. The molecule has 4 N–H and O–H groups in total. The number of ether oxygens (including phenoxy) is 1. The Labute approximate surface area is 335 Å². The van der Waals surface area contributed by atoms with Crippen molar-refractivity contribution in [3.05, 3.63) is 130 Å². The number of fused-ring (bicyclic) bond motifs is 1. The van der Waals surface area contributed by atoms with Gasteiger partial charge in [-0.2, -0.15) is 0 Å². The van der Waals surface area contributed by atoms with Gasteiger partial charge in [0.1, 0.15) is 11.4 Å². The molecule has 0 spiro atoms. The predicted molar refractivity (Wildman–Crippen MR) is 226 cm³/mol. The number of hydrogen-bond donors (Lipinski definition) is 4. The summed E-state index contributed by atoms with van der Waals surface area (Å²) in [6.07, 6.45) is 4.07. The van der Waals surface area contributed by atoms with Gasteiger partial charge >= 0.3 is 12.1 Å². The molecule has 0 saturated heterocycles. The SMILES string of the molecule is CCC(CC)N(CCN(C)C(=O)OC(C)(C)C)Cc1cccc(C(=O)Nc2[nH]c3ccccc3c2C(=O)Nc2ccc(CCCc3ccc(C(=O)O)cc3)cc2)c1. The second-order valence-electron chi connectivity index (χ2n) is 15.4. The lowest BCUT2D eigenvalue weighted by molar-refractivity contribution is 0.0269. The van der Waals surface area contributed by atoms with Crippen molar-refractivity contribution in [3.63, 3.8) is 0 Å². The number of aryl methyl sites for hydroxylation is 2. The fourth-order valence-electron chi connectivity index (χ4n) is 6.87. The molecule has 3 amide bonds. The molecule has 1 heterocycles. The number of carboxylic acid groups (broad SMARTS) is 1. The summed E-state index contributed by atoms with van der Waals surface area (Å²) in [6.45, 7) is 11.6. The lowest BCUT2D eigenvalue weighted by Crippen LogP contribution is -2.42. The fourth-order valence-corrected chi connectivity index (χ4v) is 6.87. The zero-order valence-electron chi connectivity index (χ0n) is 33.9. The van der Waals surface area contributed by atoms with Gasteiger partial charge in [0.05, 0.1) is 11.1 Å². The van der Waals surface area contributed by atoms with Crippen LogP contribution in [0.4, 0.5) is 16.3 Å². The first-order valence-electron chi connectivity index (χ1n) is 19.7.